The number of fused-ring (bicyclic) bond motifs is 1. The molecule has 43 heavy (non-hydrogen) atoms. The van der Waals surface area contributed by atoms with Gasteiger partial charge in [-0.3, -0.25) is 14.1 Å². The Hall–Kier alpha value is -3.75. The highest BCUT2D eigenvalue weighted by Crippen LogP contribution is 2.30. The molecule has 4 aromatic rings. The summed E-state index contributed by atoms with van der Waals surface area (Å²) in [5, 5.41) is 6.37. The molecule has 1 aliphatic rings. The van der Waals surface area contributed by atoms with Gasteiger partial charge in [0.15, 0.2) is 0 Å². The van der Waals surface area contributed by atoms with Crippen LogP contribution in [0.4, 0.5) is 29.2 Å². The van der Waals surface area contributed by atoms with E-state index in [4.69, 9.17) is 0 Å². The minimum absolute atomic E-state index is 0. The zero-order valence-corrected chi connectivity index (χ0v) is 24.7. The Bertz CT molecular complexity index is 1780. The van der Waals surface area contributed by atoms with Crippen LogP contribution in [0.25, 0.3) is 22.2 Å². The summed E-state index contributed by atoms with van der Waals surface area (Å²) >= 11 is 0. The number of halogens is 5. The smallest absolute Gasteiger partial charge is 0.260 e. The van der Waals surface area contributed by atoms with E-state index in [1.54, 1.807) is 13.8 Å². The van der Waals surface area contributed by atoms with Crippen LogP contribution in [0.3, 0.4) is 0 Å². The molecular formula is C28H29ClF4N6O3S. The molecule has 3 N–H and O–H groups in total. The summed E-state index contributed by atoms with van der Waals surface area (Å²) in [5.41, 5.74) is -1.53. The molecule has 3 heterocycles. The SMILES string of the molecule is CC(C)n1c(=O)c(-c2c(F)cc(NS(=O)(=O)Cc3ccc(F)cc3)cc2F)cc2cnc(N[C@@H]3CNC[C@@H](F)C3)nc21.Cl. The van der Waals surface area contributed by atoms with Crippen molar-refractivity contribution in [2.75, 3.05) is 23.1 Å². The van der Waals surface area contributed by atoms with E-state index in [-0.39, 0.29) is 59.8 Å². The van der Waals surface area contributed by atoms with E-state index in [2.05, 4.69) is 25.3 Å². The maximum absolute atomic E-state index is 15.4. The van der Waals surface area contributed by atoms with E-state index < -0.39 is 56.6 Å². The predicted octanol–water partition coefficient (Wildman–Crippen LogP) is 4.93. The zero-order chi connectivity index (χ0) is 30.2. The molecule has 0 saturated carbocycles. The molecule has 5 rings (SSSR count). The second-order valence-electron chi connectivity index (χ2n) is 10.4. The fourth-order valence-electron chi connectivity index (χ4n) is 4.93. The van der Waals surface area contributed by atoms with Gasteiger partial charge in [0.2, 0.25) is 16.0 Å². The molecule has 0 aliphatic carbocycles. The largest absolute Gasteiger partial charge is 0.350 e. The topological polar surface area (TPSA) is 118 Å². The van der Waals surface area contributed by atoms with Crippen molar-refractivity contribution in [3.8, 4) is 11.1 Å². The van der Waals surface area contributed by atoms with Gasteiger partial charge in [-0.15, -0.1) is 12.4 Å². The lowest BCUT2D eigenvalue weighted by molar-refractivity contribution is 0.254. The minimum Gasteiger partial charge on any atom is -0.350 e. The van der Waals surface area contributed by atoms with Crippen LogP contribution in [-0.2, 0) is 15.8 Å². The van der Waals surface area contributed by atoms with Gasteiger partial charge in [-0.2, -0.15) is 4.98 Å². The Kier molecular flexibility index (Phi) is 9.62. The minimum atomic E-state index is -4.10. The third-order valence-corrected chi connectivity index (χ3v) is 8.03. The number of alkyl halides is 1. The van der Waals surface area contributed by atoms with Crippen LogP contribution < -0.4 is 20.9 Å². The highest BCUT2D eigenvalue weighted by molar-refractivity contribution is 7.91. The number of benzene rings is 2. The zero-order valence-electron chi connectivity index (χ0n) is 23.1. The summed E-state index contributed by atoms with van der Waals surface area (Å²) < 4.78 is 86.2. The molecule has 0 unspecified atom stereocenters. The Labute approximate surface area is 251 Å². The van der Waals surface area contributed by atoms with Crippen LogP contribution in [-0.4, -0.2) is 48.3 Å². The van der Waals surface area contributed by atoms with Gasteiger partial charge in [-0.1, -0.05) is 12.1 Å². The van der Waals surface area contributed by atoms with E-state index in [9.17, 15) is 22.0 Å². The van der Waals surface area contributed by atoms with E-state index in [0.717, 1.165) is 24.3 Å². The standard InChI is InChI=1S/C28H28F4N6O3S.ClH/c1-15(2)38-26-17(11-34-28(36-26)35-21-8-19(30)12-33-13-21)7-22(27(38)39)25-23(31)9-20(10-24(25)32)37-42(40,41)14-16-3-5-18(29)6-4-16;/h3-7,9-11,15,19,21,33,37H,8,12-14H2,1-2H3,(H,34,35,36);1H/t19-,21-;/m0./s1. The first-order valence-corrected chi connectivity index (χ1v) is 14.8. The summed E-state index contributed by atoms with van der Waals surface area (Å²) in [4.78, 5) is 22.3. The Morgan fingerprint density at radius 1 is 1.07 bits per heavy atom. The molecule has 1 aliphatic heterocycles. The number of aromatic nitrogens is 3. The molecule has 2 aromatic heterocycles. The normalized spacial score (nSPS) is 17.1. The highest BCUT2D eigenvalue weighted by atomic mass is 35.5. The summed E-state index contributed by atoms with van der Waals surface area (Å²) in [6.45, 7) is 4.20. The lowest BCUT2D eigenvalue weighted by Gasteiger charge is -2.26. The quantitative estimate of drug-likeness (QED) is 0.234. The van der Waals surface area contributed by atoms with Crippen molar-refractivity contribution < 1.29 is 26.0 Å². The summed E-state index contributed by atoms with van der Waals surface area (Å²) in [6.07, 6.45) is 0.652. The first-order chi connectivity index (χ1) is 19.9. The van der Waals surface area contributed by atoms with Crippen LogP contribution in [0, 0.1) is 17.5 Å². The van der Waals surface area contributed by atoms with Gasteiger partial charge in [0.25, 0.3) is 5.56 Å². The number of hydrogen-bond acceptors (Lipinski definition) is 7. The van der Waals surface area contributed by atoms with Crippen LogP contribution in [0.5, 0.6) is 0 Å². The first-order valence-electron chi connectivity index (χ1n) is 13.2. The number of nitrogens with zero attached hydrogens (tertiary/aromatic N) is 3. The molecule has 0 amide bonds. The number of nitrogens with one attached hydrogen (secondary N) is 3. The van der Waals surface area contributed by atoms with Crippen molar-refractivity contribution in [1.29, 1.82) is 0 Å². The van der Waals surface area contributed by atoms with Crippen molar-refractivity contribution in [3.05, 3.63) is 82.0 Å². The number of rotatable bonds is 8. The number of pyridine rings is 1. The molecule has 0 radical (unpaired) electrons. The highest BCUT2D eigenvalue weighted by Gasteiger charge is 2.24. The molecule has 0 bridgehead atoms. The third kappa shape index (κ3) is 7.25. The van der Waals surface area contributed by atoms with Gasteiger partial charge in [-0.25, -0.2) is 31.0 Å². The summed E-state index contributed by atoms with van der Waals surface area (Å²) in [6, 6.07) is 6.89. The van der Waals surface area contributed by atoms with Crippen LogP contribution in [0.2, 0.25) is 0 Å². The maximum atomic E-state index is 15.4. The van der Waals surface area contributed by atoms with E-state index in [1.807, 2.05) is 0 Å². The van der Waals surface area contributed by atoms with Crippen molar-refractivity contribution in [2.45, 2.75) is 44.3 Å². The molecular weight excluding hydrogens is 612 g/mol. The number of piperidine rings is 1. The first kappa shape index (κ1) is 32.2. The molecule has 1 saturated heterocycles. The average Bonchev–Trinajstić information content (AvgIpc) is 2.89. The van der Waals surface area contributed by atoms with Crippen LogP contribution >= 0.6 is 12.4 Å². The third-order valence-electron chi connectivity index (χ3n) is 6.77. The maximum Gasteiger partial charge on any atom is 0.260 e. The molecule has 2 atom stereocenters. The van der Waals surface area contributed by atoms with Gasteiger partial charge in [0.1, 0.15) is 29.3 Å². The predicted molar refractivity (Wildman–Crippen MR) is 159 cm³/mol. The lowest BCUT2D eigenvalue weighted by Crippen LogP contribution is -2.44. The van der Waals surface area contributed by atoms with Gasteiger partial charge < -0.3 is 10.6 Å². The Morgan fingerprint density at radius 3 is 2.37 bits per heavy atom. The van der Waals surface area contributed by atoms with Crippen molar-refractivity contribution in [1.82, 2.24) is 19.9 Å². The fraction of sp³-hybridized carbons (Fsp3) is 0.321. The van der Waals surface area contributed by atoms with E-state index >= 15 is 8.78 Å². The van der Waals surface area contributed by atoms with Crippen molar-refractivity contribution >= 4 is 45.1 Å². The molecule has 9 nitrogen and oxygen atoms in total. The van der Waals surface area contributed by atoms with Gasteiger partial charge >= 0.3 is 0 Å². The van der Waals surface area contributed by atoms with Crippen LogP contribution in [0.1, 0.15) is 31.9 Å². The number of sulfonamides is 1. The van der Waals surface area contributed by atoms with Crippen molar-refractivity contribution in [3.63, 3.8) is 0 Å². The van der Waals surface area contributed by atoms with E-state index in [0.29, 0.717) is 11.9 Å². The van der Waals surface area contributed by atoms with Crippen molar-refractivity contribution in [2.24, 2.45) is 0 Å². The molecule has 1 fully saturated rings. The van der Waals surface area contributed by atoms with Gasteiger partial charge in [0.05, 0.1) is 22.6 Å². The fourth-order valence-corrected chi connectivity index (χ4v) is 6.12. The second-order valence-corrected chi connectivity index (χ2v) is 12.2. The van der Waals surface area contributed by atoms with Gasteiger partial charge in [0, 0.05) is 43.2 Å². The monoisotopic (exact) mass is 640 g/mol. The second kappa shape index (κ2) is 12.9. The molecule has 15 heteroatoms. The van der Waals surface area contributed by atoms with E-state index in [1.165, 1.54) is 29.0 Å². The molecule has 230 valence electrons. The van der Waals surface area contributed by atoms with Crippen LogP contribution in [0.15, 0.2) is 53.5 Å². The number of anilines is 2. The summed E-state index contributed by atoms with van der Waals surface area (Å²) in [7, 11) is -4.10. The number of hydrogen-bond donors (Lipinski definition) is 3. The molecule has 2 aromatic carbocycles. The summed E-state index contributed by atoms with van der Waals surface area (Å²) in [5.74, 6) is -3.23. The lowest BCUT2D eigenvalue weighted by atomic mass is 10.0. The van der Waals surface area contributed by atoms with Gasteiger partial charge in [-0.05, 0) is 49.7 Å². The average molecular weight is 641 g/mol. The Balaban J connectivity index is 0.00000423. The molecule has 0 spiro atoms. The Morgan fingerprint density at radius 2 is 1.74 bits per heavy atom.